The van der Waals surface area contributed by atoms with Gasteiger partial charge < -0.3 is 0 Å². The molecule has 18 heavy (non-hydrogen) atoms. The fraction of sp³-hybridized carbons (Fsp3) is 0.444. The fourth-order valence-electron chi connectivity index (χ4n) is 3.16. The van der Waals surface area contributed by atoms with Gasteiger partial charge in [0.05, 0.1) is 0 Å². The molecule has 0 nitrogen and oxygen atoms in total. The van der Waals surface area contributed by atoms with Crippen LogP contribution in [-0.2, 0) is 12.8 Å². The van der Waals surface area contributed by atoms with Crippen molar-refractivity contribution in [2.45, 2.75) is 51.9 Å². The van der Waals surface area contributed by atoms with Gasteiger partial charge in [-0.25, -0.2) is 0 Å². The molecule has 2 aliphatic carbocycles. The summed E-state index contributed by atoms with van der Waals surface area (Å²) in [5, 5.41) is 0. The van der Waals surface area contributed by atoms with Crippen LogP contribution in [0.2, 0.25) is 0 Å². The van der Waals surface area contributed by atoms with Gasteiger partial charge in [0.15, 0.2) is 0 Å². The first-order valence-electron chi connectivity index (χ1n) is 7.38. The molecule has 0 atom stereocenters. The zero-order chi connectivity index (χ0) is 12.4. The first-order chi connectivity index (χ1) is 8.86. The molecule has 0 spiro atoms. The molecule has 0 bridgehead atoms. The van der Waals surface area contributed by atoms with Crippen LogP contribution in [0.25, 0.3) is 5.57 Å². The van der Waals surface area contributed by atoms with Crippen LogP contribution in [0.15, 0.2) is 35.9 Å². The average molecular weight is 238 g/mol. The molecule has 2 aliphatic rings. The normalized spacial score (nSPS) is 18.9. The number of benzene rings is 1. The second-order valence-corrected chi connectivity index (χ2v) is 5.54. The largest absolute Gasteiger partial charge is 0.0763 e. The minimum absolute atomic E-state index is 1.20. The first kappa shape index (κ1) is 11.8. The third-order valence-electron chi connectivity index (χ3n) is 4.33. The Morgan fingerprint density at radius 3 is 2.67 bits per heavy atom. The maximum atomic E-state index is 2.44. The van der Waals surface area contributed by atoms with Crippen LogP contribution in [0, 0.1) is 0 Å². The van der Waals surface area contributed by atoms with E-state index in [4.69, 9.17) is 0 Å². The number of hydrogen-bond donors (Lipinski definition) is 0. The summed E-state index contributed by atoms with van der Waals surface area (Å²) in [6, 6.07) is 7.12. The van der Waals surface area contributed by atoms with E-state index >= 15 is 0 Å². The van der Waals surface area contributed by atoms with E-state index in [1.165, 1.54) is 56.1 Å². The van der Waals surface area contributed by atoms with Crippen molar-refractivity contribution in [2.24, 2.45) is 0 Å². The van der Waals surface area contributed by atoms with Crippen molar-refractivity contribution in [2.75, 3.05) is 0 Å². The Balaban J connectivity index is 1.93. The summed E-state index contributed by atoms with van der Waals surface area (Å²) in [6.45, 7) is 2.27. The average Bonchev–Trinajstić information content (AvgIpc) is 2.47. The molecule has 0 saturated heterocycles. The molecular formula is C18H22. The second-order valence-electron chi connectivity index (χ2n) is 5.54. The summed E-state index contributed by atoms with van der Waals surface area (Å²) >= 11 is 0. The van der Waals surface area contributed by atoms with E-state index in [1.807, 2.05) is 0 Å². The van der Waals surface area contributed by atoms with Gasteiger partial charge in [-0.3, -0.25) is 0 Å². The van der Waals surface area contributed by atoms with E-state index in [0.717, 1.165) is 0 Å². The zero-order valence-electron chi connectivity index (χ0n) is 11.3. The maximum absolute atomic E-state index is 2.44. The van der Waals surface area contributed by atoms with Crippen LogP contribution in [0.5, 0.6) is 0 Å². The van der Waals surface area contributed by atoms with Crippen molar-refractivity contribution in [3.8, 4) is 0 Å². The summed E-state index contributed by atoms with van der Waals surface area (Å²) in [4.78, 5) is 0. The number of rotatable bonds is 2. The molecule has 0 aromatic heterocycles. The summed E-state index contributed by atoms with van der Waals surface area (Å²) in [5.41, 5.74) is 7.66. The standard InChI is InChI=1S/C18H22/c1-2-14-6-5-9-16(12-14)18-11-10-15-7-3-4-8-17(15)13-18/h9-13H,2-8H2,1H3. The van der Waals surface area contributed by atoms with E-state index < -0.39 is 0 Å². The van der Waals surface area contributed by atoms with E-state index in [2.05, 4.69) is 37.3 Å². The summed E-state index contributed by atoms with van der Waals surface area (Å²) in [5.74, 6) is 0. The summed E-state index contributed by atoms with van der Waals surface area (Å²) in [6.07, 6.45) is 13.8. The van der Waals surface area contributed by atoms with Crippen LogP contribution in [0.3, 0.4) is 0 Å². The van der Waals surface area contributed by atoms with Crippen molar-refractivity contribution in [3.63, 3.8) is 0 Å². The van der Waals surface area contributed by atoms with Crippen molar-refractivity contribution in [3.05, 3.63) is 52.6 Å². The minimum Gasteiger partial charge on any atom is -0.0763 e. The molecular weight excluding hydrogens is 216 g/mol. The van der Waals surface area contributed by atoms with Crippen LogP contribution < -0.4 is 0 Å². The van der Waals surface area contributed by atoms with Crippen LogP contribution in [0.4, 0.5) is 0 Å². The molecule has 3 rings (SSSR count). The quantitative estimate of drug-likeness (QED) is 0.674. The lowest BCUT2D eigenvalue weighted by Crippen LogP contribution is -2.03. The maximum Gasteiger partial charge on any atom is -0.0184 e. The third-order valence-corrected chi connectivity index (χ3v) is 4.33. The molecule has 0 unspecified atom stereocenters. The van der Waals surface area contributed by atoms with Crippen molar-refractivity contribution < 1.29 is 0 Å². The Kier molecular flexibility index (Phi) is 3.36. The van der Waals surface area contributed by atoms with E-state index in [0.29, 0.717) is 0 Å². The van der Waals surface area contributed by atoms with Gasteiger partial charge >= 0.3 is 0 Å². The Morgan fingerprint density at radius 1 is 1.00 bits per heavy atom. The molecule has 0 heterocycles. The van der Waals surface area contributed by atoms with Crippen molar-refractivity contribution >= 4 is 5.57 Å². The molecule has 1 aromatic carbocycles. The van der Waals surface area contributed by atoms with Gasteiger partial charge in [0.2, 0.25) is 0 Å². The lowest BCUT2D eigenvalue weighted by Gasteiger charge is -2.18. The highest BCUT2D eigenvalue weighted by Gasteiger charge is 2.12. The number of allylic oxidation sites excluding steroid dienone is 4. The van der Waals surface area contributed by atoms with E-state index in [9.17, 15) is 0 Å². The monoisotopic (exact) mass is 238 g/mol. The smallest absolute Gasteiger partial charge is 0.0184 e. The summed E-state index contributed by atoms with van der Waals surface area (Å²) in [7, 11) is 0. The minimum atomic E-state index is 1.20. The molecule has 0 aliphatic heterocycles. The molecule has 0 heteroatoms. The molecule has 0 N–H and O–H groups in total. The second kappa shape index (κ2) is 5.14. The SMILES string of the molecule is CCC1=CC(c2ccc3c(c2)CCCC3)=CCC1. The highest BCUT2D eigenvalue weighted by molar-refractivity contribution is 5.76. The van der Waals surface area contributed by atoms with E-state index in [-0.39, 0.29) is 0 Å². The topological polar surface area (TPSA) is 0 Å². The molecule has 0 radical (unpaired) electrons. The van der Waals surface area contributed by atoms with Gasteiger partial charge in [-0.2, -0.15) is 0 Å². The number of hydrogen-bond acceptors (Lipinski definition) is 0. The van der Waals surface area contributed by atoms with Gasteiger partial charge in [-0.1, -0.05) is 42.8 Å². The Labute approximate surface area is 110 Å². The van der Waals surface area contributed by atoms with Crippen molar-refractivity contribution in [1.29, 1.82) is 0 Å². The lowest BCUT2D eigenvalue weighted by atomic mass is 9.87. The van der Waals surface area contributed by atoms with Gasteiger partial charge in [0.1, 0.15) is 0 Å². The molecule has 1 aromatic rings. The number of fused-ring (bicyclic) bond motifs is 1. The Morgan fingerprint density at radius 2 is 1.83 bits per heavy atom. The van der Waals surface area contributed by atoms with Crippen LogP contribution in [0.1, 0.15) is 55.7 Å². The van der Waals surface area contributed by atoms with Crippen molar-refractivity contribution in [1.82, 2.24) is 0 Å². The fourth-order valence-corrected chi connectivity index (χ4v) is 3.16. The molecule has 0 fully saturated rings. The predicted octanol–water partition coefficient (Wildman–Crippen LogP) is 5.08. The highest BCUT2D eigenvalue weighted by Crippen LogP contribution is 2.30. The van der Waals surface area contributed by atoms with Gasteiger partial charge in [0, 0.05) is 0 Å². The summed E-state index contributed by atoms with van der Waals surface area (Å²) < 4.78 is 0. The highest BCUT2D eigenvalue weighted by atomic mass is 14.2. The van der Waals surface area contributed by atoms with Crippen LogP contribution >= 0.6 is 0 Å². The third kappa shape index (κ3) is 2.29. The lowest BCUT2D eigenvalue weighted by molar-refractivity contribution is 0.685. The Hall–Kier alpha value is -1.30. The van der Waals surface area contributed by atoms with Gasteiger partial charge in [-0.05, 0) is 67.2 Å². The predicted molar refractivity (Wildman–Crippen MR) is 78.7 cm³/mol. The van der Waals surface area contributed by atoms with Gasteiger partial charge in [-0.15, -0.1) is 0 Å². The number of aryl methyl sites for hydroxylation is 2. The zero-order valence-corrected chi connectivity index (χ0v) is 11.3. The van der Waals surface area contributed by atoms with Gasteiger partial charge in [0.25, 0.3) is 0 Å². The van der Waals surface area contributed by atoms with E-state index in [1.54, 1.807) is 16.7 Å². The molecule has 0 saturated carbocycles. The molecule has 94 valence electrons. The first-order valence-corrected chi connectivity index (χ1v) is 7.38. The molecule has 0 amide bonds. The Bertz CT molecular complexity index is 503. The van der Waals surface area contributed by atoms with Crippen LogP contribution in [-0.4, -0.2) is 0 Å².